The van der Waals surface area contributed by atoms with E-state index in [9.17, 15) is 10.1 Å². The molecule has 0 bridgehead atoms. The molecule has 0 radical (unpaired) electrons. The minimum atomic E-state index is -0.630. The van der Waals surface area contributed by atoms with Crippen LogP contribution in [0.15, 0.2) is 23.3 Å². The molecule has 2 aliphatic carbocycles. The lowest BCUT2D eigenvalue weighted by molar-refractivity contribution is -0.176. The third kappa shape index (κ3) is 1.70. The summed E-state index contributed by atoms with van der Waals surface area (Å²) in [4.78, 5) is 12.4. The fraction of sp³-hybridized carbons (Fsp3) is 0.625. The zero-order valence-electron chi connectivity index (χ0n) is 12.2. The highest BCUT2D eigenvalue weighted by molar-refractivity contribution is 6.06. The second-order valence-corrected chi connectivity index (χ2v) is 6.65. The van der Waals surface area contributed by atoms with Gasteiger partial charge in [-0.2, -0.15) is 5.26 Å². The summed E-state index contributed by atoms with van der Waals surface area (Å²) in [5.41, 5.74) is 0.350. The summed E-state index contributed by atoms with van der Waals surface area (Å²) in [7, 11) is 0. The van der Waals surface area contributed by atoms with Crippen LogP contribution in [0, 0.1) is 22.2 Å². The number of hydrogen-bond donors (Lipinski definition) is 0. The van der Waals surface area contributed by atoms with Crippen molar-refractivity contribution in [1.29, 1.82) is 5.26 Å². The Hall–Kier alpha value is -1.44. The normalized spacial score (nSPS) is 34.2. The maximum absolute atomic E-state index is 12.4. The molecule has 1 aliphatic heterocycles. The van der Waals surface area contributed by atoms with Crippen molar-refractivity contribution in [3.63, 3.8) is 0 Å². The Bertz CT molecular complexity index is 573. The van der Waals surface area contributed by atoms with Gasteiger partial charge in [-0.25, -0.2) is 0 Å². The van der Waals surface area contributed by atoms with Crippen LogP contribution in [0.4, 0.5) is 0 Å². The molecule has 0 aromatic carbocycles. The number of hydrogen-bond acceptors (Lipinski definition) is 4. The van der Waals surface area contributed by atoms with E-state index in [-0.39, 0.29) is 16.8 Å². The number of ketones is 1. The predicted octanol–water partition coefficient (Wildman–Crippen LogP) is 2.51. The van der Waals surface area contributed by atoms with Crippen molar-refractivity contribution in [2.24, 2.45) is 10.8 Å². The van der Waals surface area contributed by atoms with E-state index in [0.717, 1.165) is 5.57 Å². The Kier molecular flexibility index (Phi) is 2.73. The summed E-state index contributed by atoms with van der Waals surface area (Å²) in [6.07, 6.45) is 5.22. The molecule has 0 aromatic heterocycles. The average molecular weight is 273 g/mol. The zero-order chi connectivity index (χ0) is 14.6. The number of carbonyl (C=O) groups is 1. The quantitative estimate of drug-likeness (QED) is 0.636. The summed E-state index contributed by atoms with van der Waals surface area (Å²) in [6.45, 7) is 7.08. The second kappa shape index (κ2) is 4.03. The molecule has 1 spiro atoms. The van der Waals surface area contributed by atoms with Crippen LogP contribution >= 0.6 is 0 Å². The van der Waals surface area contributed by atoms with E-state index in [0.29, 0.717) is 26.1 Å². The molecule has 4 heteroatoms. The molecule has 0 amide bonds. The summed E-state index contributed by atoms with van der Waals surface area (Å²) in [6, 6.07) is 2.05. The van der Waals surface area contributed by atoms with Gasteiger partial charge >= 0.3 is 0 Å². The lowest BCUT2D eigenvalue weighted by Crippen LogP contribution is -2.47. The lowest BCUT2D eigenvalue weighted by Gasteiger charge is -2.48. The van der Waals surface area contributed by atoms with Crippen LogP contribution in [0.2, 0.25) is 0 Å². The Morgan fingerprint density at radius 2 is 1.90 bits per heavy atom. The van der Waals surface area contributed by atoms with Gasteiger partial charge in [0.25, 0.3) is 0 Å². The van der Waals surface area contributed by atoms with Gasteiger partial charge in [0.1, 0.15) is 6.07 Å². The maximum atomic E-state index is 12.4. The van der Waals surface area contributed by atoms with E-state index in [4.69, 9.17) is 9.47 Å². The number of Topliss-reactive ketones (excluding diaryl/α,β-unsaturated/α-hetero) is 1. The van der Waals surface area contributed by atoms with Gasteiger partial charge in [0, 0.05) is 18.3 Å². The zero-order valence-corrected chi connectivity index (χ0v) is 12.2. The van der Waals surface area contributed by atoms with Gasteiger partial charge in [0.2, 0.25) is 0 Å². The number of fused-ring (bicyclic) bond motifs is 1. The van der Waals surface area contributed by atoms with E-state index >= 15 is 0 Å². The van der Waals surface area contributed by atoms with Crippen LogP contribution in [0.3, 0.4) is 0 Å². The fourth-order valence-electron chi connectivity index (χ4n) is 3.96. The predicted molar refractivity (Wildman–Crippen MR) is 72.5 cm³/mol. The second-order valence-electron chi connectivity index (χ2n) is 6.65. The molecule has 4 nitrogen and oxygen atoms in total. The van der Waals surface area contributed by atoms with Gasteiger partial charge in [-0.1, -0.05) is 24.6 Å². The summed E-state index contributed by atoms with van der Waals surface area (Å²) < 4.78 is 11.6. The van der Waals surface area contributed by atoms with Crippen molar-refractivity contribution in [3.8, 4) is 6.07 Å². The van der Waals surface area contributed by atoms with Gasteiger partial charge in [0.15, 0.2) is 11.6 Å². The number of rotatable bonds is 0. The molecule has 106 valence electrons. The highest BCUT2D eigenvalue weighted by Crippen LogP contribution is 2.55. The molecule has 0 aromatic rings. The largest absolute Gasteiger partial charge is 0.347 e. The lowest BCUT2D eigenvalue weighted by atomic mass is 9.57. The van der Waals surface area contributed by atoms with Crippen LogP contribution in [-0.2, 0) is 14.3 Å². The summed E-state index contributed by atoms with van der Waals surface area (Å²) in [5, 5.41) is 9.23. The average Bonchev–Trinajstić information content (AvgIpc) is 2.81. The third-order valence-corrected chi connectivity index (χ3v) is 4.75. The van der Waals surface area contributed by atoms with E-state index < -0.39 is 11.2 Å². The van der Waals surface area contributed by atoms with Crippen molar-refractivity contribution < 1.29 is 14.3 Å². The Balaban J connectivity index is 2.11. The Labute approximate surface area is 119 Å². The molecule has 1 atom stereocenters. The van der Waals surface area contributed by atoms with Gasteiger partial charge < -0.3 is 9.47 Å². The van der Waals surface area contributed by atoms with Crippen LogP contribution in [0.5, 0.6) is 0 Å². The number of ether oxygens (including phenoxy) is 2. The molecule has 1 fully saturated rings. The molecule has 0 N–H and O–H groups in total. The molecule has 1 heterocycles. The highest BCUT2D eigenvalue weighted by atomic mass is 16.7. The van der Waals surface area contributed by atoms with Gasteiger partial charge in [-0.3, -0.25) is 4.79 Å². The van der Waals surface area contributed by atoms with Crippen molar-refractivity contribution in [2.75, 3.05) is 13.2 Å². The Morgan fingerprint density at radius 1 is 1.25 bits per heavy atom. The minimum Gasteiger partial charge on any atom is -0.347 e. The van der Waals surface area contributed by atoms with E-state index in [1.165, 1.54) is 0 Å². The van der Waals surface area contributed by atoms with E-state index in [2.05, 4.69) is 13.0 Å². The smallest absolute Gasteiger partial charge is 0.182 e. The first kappa shape index (κ1) is 13.5. The number of carbonyl (C=O) groups excluding carboxylic acids is 1. The fourth-order valence-corrected chi connectivity index (χ4v) is 3.96. The molecule has 0 unspecified atom stereocenters. The highest BCUT2D eigenvalue weighted by Gasteiger charge is 2.54. The van der Waals surface area contributed by atoms with Gasteiger partial charge in [0.05, 0.1) is 24.2 Å². The van der Waals surface area contributed by atoms with Crippen molar-refractivity contribution in [2.45, 2.75) is 39.4 Å². The number of nitriles is 1. The first-order valence-corrected chi connectivity index (χ1v) is 7.00. The molecule has 1 saturated heterocycles. The van der Waals surface area contributed by atoms with Crippen LogP contribution in [0.1, 0.15) is 33.6 Å². The minimum absolute atomic E-state index is 0.0899. The number of nitrogens with zero attached hydrogens (tertiary/aromatic N) is 1. The summed E-state index contributed by atoms with van der Waals surface area (Å²) >= 11 is 0. The van der Waals surface area contributed by atoms with Crippen molar-refractivity contribution in [1.82, 2.24) is 0 Å². The molecular weight excluding hydrogens is 254 g/mol. The topological polar surface area (TPSA) is 59.3 Å². The number of allylic oxidation sites excluding steroid dienone is 3. The van der Waals surface area contributed by atoms with Crippen molar-refractivity contribution >= 4 is 5.78 Å². The van der Waals surface area contributed by atoms with Gasteiger partial charge in [-0.15, -0.1) is 0 Å². The monoisotopic (exact) mass is 273 g/mol. The van der Waals surface area contributed by atoms with E-state index in [1.54, 1.807) is 6.08 Å². The first-order valence-electron chi connectivity index (χ1n) is 7.00. The molecular formula is C16H19NO3. The molecule has 0 saturated carbocycles. The maximum Gasteiger partial charge on any atom is 0.182 e. The van der Waals surface area contributed by atoms with E-state index in [1.807, 2.05) is 19.9 Å². The van der Waals surface area contributed by atoms with Crippen LogP contribution < -0.4 is 0 Å². The molecule has 3 rings (SSSR count). The first-order chi connectivity index (χ1) is 9.33. The van der Waals surface area contributed by atoms with Crippen LogP contribution in [-0.4, -0.2) is 24.8 Å². The summed E-state index contributed by atoms with van der Waals surface area (Å²) in [5.74, 6) is -0.667. The molecule has 20 heavy (non-hydrogen) atoms. The SMILES string of the molecule is CC1(C)C(=O)C(C#N)=C[C@]2(C)CC3(CC=C12)OCCO3. The Morgan fingerprint density at radius 3 is 2.50 bits per heavy atom. The van der Waals surface area contributed by atoms with Crippen LogP contribution in [0.25, 0.3) is 0 Å². The van der Waals surface area contributed by atoms with Crippen molar-refractivity contribution in [3.05, 3.63) is 23.3 Å². The van der Waals surface area contributed by atoms with Gasteiger partial charge in [-0.05, 0) is 13.8 Å². The standard InChI is InChI=1S/C16H19NO3/c1-14(2)12-4-5-16(19-6-7-20-16)10-15(12,3)8-11(9-17)13(14)18/h4,8H,5-7,10H2,1-3H3/t15-/m1/s1. The molecule has 3 aliphatic rings. The third-order valence-electron chi connectivity index (χ3n) is 4.75.